The average Bonchev–Trinajstić information content (AvgIpc) is 2.93. The normalized spacial score (nSPS) is 9.85. The molecule has 1 heterocycles. The minimum Gasteiger partial charge on any atom is -0.449 e. The van der Waals surface area contributed by atoms with Crippen molar-refractivity contribution < 1.29 is 9.21 Å². The Hall–Kier alpha value is -2.74. The van der Waals surface area contributed by atoms with Crippen molar-refractivity contribution in [1.29, 1.82) is 5.26 Å². The highest BCUT2D eigenvalue weighted by atomic mass is 16.3. The monoisotopic (exact) mass is 269 g/mol. The lowest BCUT2D eigenvalue weighted by Gasteiger charge is -2.11. The van der Waals surface area contributed by atoms with Gasteiger partial charge in [-0.1, -0.05) is 6.07 Å². The average molecular weight is 269 g/mol. The van der Waals surface area contributed by atoms with Crippen molar-refractivity contribution in [3.63, 3.8) is 0 Å². The van der Waals surface area contributed by atoms with E-state index < -0.39 is 0 Å². The zero-order chi connectivity index (χ0) is 14.5. The molecule has 20 heavy (non-hydrogen) atoms. The Balaban J connectivity index is 2.14. The molecule has 0 fully saturated rings. The molecule has 5 nitrogen and oxygen atoms in total. The van der Waals surface area contributed by atoms with Gasteiger partial charge in [-0.15, -0.1) is 0 Å². The quantitative estimate of drug-likeness (QED) is 0.893. The topological polar surface area (TPSA) is 78.1 Å². The number of anilines is 1. The summed E-state index contributed by atoms with van der Waals surface area (Å²) in [4.78, 5) is 11.7. The summed E-state index contributed by atoms with van der Waals surface area (Å²) in [6.45, 7) is 2.34. The number of hydrogen-bond acceptors (Lipinski definition) is 4. The highest BCUT2D eigenvalue weighted by Gasteiger charge is 2.10. The zero-order valence-corrected chi connectivity index (χ0v) is 11.4. The second kappa shape index (κ2) is 5.93. The molecule has 2 aromatic rings. The van der Waals surface area contributed by atoms with Crippen LogP contribution in [0.5, 0.6) is 0 Å². The molecule has 0 atom stereocenters. The fourth-order valence-corrected chi connectivity index (χ4v) is 1.92. The third-order valence-corrected chi connectivity index (χ3v) is 3.03. The Morgan fingerprint density at radius 2 is 2.15 bits per heavy atom. The molecule has 0 unspecified atom stereocenters. The van der Waals surface area contributed by atoms with Crippen LogP contribution >= 0.6 is 0 Å². The molecular formula is C15H15N3O2. The van der Waals surface area contributed by atoms with Gasteiger partial charge in [0.2, 0.25) is 5.76 Å². The molecule has 0 saturated heterocycles. The van der Waals surface area contributed by atoms with Crippen LogP contribution in [0.4, 0.5) is 5.69 Å². The predicted octanol–water partition coefficient (Wildman–Crippen LogP) is 2.43. The van der Waals surface area contributed by atoms with Crippen LogP contribution in [0.25, 0.3) is 0 Å². The number of benzene rings is 1. The summed E-state index contributed by atoms with van der Waals surface area (Å²) in [6.07, 6.45) is 0. The van der Waals surface area contributed by atoms with E-state index in [1.165, 1.54) is 0 Å². The van der Waals surface area contributed by atoms with Crippen LogP contribution in [0, 0.1) is 18.3 Å². The fraction of sp³-hybridized carbons (Fsp3) is 0.200. The largest absolute Gasteiger partial charge is 0.449 e. The van der Waals surface area contributed by atoms with Crippen molar-refractivity contribution in [2.75, 3.05) is 12.4 Å². The molecular weight excluding hydrogens is 254 g/mol. The Morgan fingerprint density at radius 3 is 2.80 bits per heavy atom. The number of nitrogens with one attached hydrogen (secondary N) is 2. The summed E-state index contributed by atoms with van der Waals surface area (Å²) in [6, 6.07) is 10.8. The lowest BCUT2D eigenvalue weighted by atomic mass is 10.1. The molecule has 0 spiro atoms. The van der Waals surface area contributed by atoms with Gasteiger partial charge in [-0.2, -0.15) is 5.26 Å². The van der Waals surface area contributed by atoms with Gasteiger partial charge >= 0.3 is 0 Å². The van der Waals surface area contributed by atoms with E-state index in [0.717, 1.165) is 11.3 Å². The van der Waals surface area contributed by atoms with Gasteiger partial charge in [-0.25, -0.2) is 0 Å². The van der Waals surface area contributed by atoms with E-state index in [2.05, 4.69) is 10.6 Å². The number of carbonyl (C=O) groups is 1. The van der Waals surface area contributed by atoms with Gasteiger partial charge < -0.3 is 15.1 Å². The molecule has 0 aliphatic heterocycles. The number of amides is 1. The van der Waals surface area contributed by atoms with E-state index in [0.29, 0.717) is 17.9 Å². The summed E-state index contributed by atoms with van der Waals surface area (Å²) in [5.41, 5.74) is 2.37. The maximum atomic E-state index is 11.7. The van der Waals surface area contributed by atoms with Gasteiger partial charge in [0.05, 0.1) is 6.54 Å². The first-order valence-electron chi connectivity index (χ1n) is 6.20. The van der Waals surface area contributed by atoms with E-state index >= 15 is 0 Å². The Labute approximate surface area is 117 Å². The predicted molar refractivity (Wildman–Crippen MR) is 75.3 cm³/mol. The van der Waals surface area contributed by atoms with Gasteiger partial charge in [0.1, 0.15) is 11.8 Å². The molecule has 102 valence electrons. The first-order valence-corrected chi connectivity index (χ1v) is 6.20. The molecule has 1 amide bonds. The molecule has 0 saturated carbocycles. The van der Waals surface area contributed by atoms with E-state index in [4.69, 9.17) is 9.68 Å². The van der Waals surface area contributed by atoms with Crippen molar-refractivity contribution in [3.8, 4) is 6.07 Å². The molecule has 2 N–H and O–H groups in total. The minimum atomic E-state index is -0.115. The summed E-state index contributed by atoms with van der Waals surface area (Å²) < 4.78 is 5.29. The van der Waals surface area contributed by atoms with Crippen LogP contribution < -0.4 is 10.6 Å². The maximum absolute atomic E-state index is 11.7. The minimum absolute atomic E-state index is 0.115. The standard InChI is InChI=1S/C15H15N3O2/c1-10-13(15(19)17-2)4-3-5-14(10)18-9-12-7-6-11(8-16)20-12/h3-7,18H,9H2,1-2H3,(H,17,19). The zero-order valence-electron chi connectivity index (χ0n) is 11.4. The van der Waals surface area contributed by atoms with E-state index in [1.807, 2.05) is 25.1 Å². The van der Waals surface area contributed by atoms with Crippen LogP contribution in [0.2, 0.25) is 0 Å². The van der Waals surface area contributed by atoms with Gasteiger partial charge in [0.25, 0.3) is 5.91 Å². The molecule has 0 aliphatic rings. The molecule has 0 aliphatic carbocycles. The number of nitrogens with zero attached hydrogens (tertiary/aromatic N) is 1. The highest BCUT2D eigenvalue weighted by molar-refractivity contribution is 5.96. The molecule has 5 heteroatoms. The molecule has 0 radical (unpaired) electrons. The highest BCUT2D eigenvalue weighted by Crippen LogP contribution is 2.20. The number of nitriles is 1. The third kappa shape index (κ3) is 2.81. The van der Waals surface area contributed by atoms with Gasteiger partial charge in [-0.3, -0.25) is 4.79 Å². The summed E-state index contributed by atoms with van der Waals surface area (Å²) in [7, 11) is 1.61. The number of furan rings is 1. The van der Waals surface area contributed by atoms with Crippen molar-refractivity contribution in [1.82, 2.24) is 5.32 Å². The van der Waals surface area contributed by atoms with Gasteiger partial charge in [0.15, 0.2) is 0 Å². The van der Waals surface area contributed by atoms with E-state index in [1.54, 1.807) is 25.2 Å². The lowest BCUT2D eigenvalue weighted by Crippen LogP contribution is -2.19. The Morgan fingerprint density at radius 1 is 1.35 bits per heavy atom. The van der Waals surface area contributed by atoms with Crippen molar-refractivity contribution in [2.24, 2.45) is 0 Å². The second-order valence-electron chi connectivity index (χ2n) is 4.29. The summed E-state index contributed by atoms with van der Waals surface area (Å²) in [5.74, 6) is 0.847. The Kier molecular flexibility index (Phi) is 4.06. The first-order chi connectivity index (χ1) is 9.65. The summed E-state index contributed by atoms with van der Waals surface area (Å²) >= 11 is 0. The molecule has 1 aromatic heterocycles. The van der Waals surface area contributed by atoms with Crippen molar-refractivity contribution in [3.05, 3.63) is 53.0 Å². The molecule has 2 rings (SSSR count). The smallest absolute Gasteiger partial charge is 0.251 e. The molecule has 0 bridgehead atoms. The van der Waals surface area contributed by atoms with Crippen LogP contribution in [0.1, 0.15) is 27.4 Å². The van der Waals surface area contributed by atoms with Crippen molar-refractivity contribution >= 4 is 11.6 Å². The maximum Gasteiger partial charge on any atom is 0.251 e. The van der Waals surface area contributed by atoms with E-state index in [-0.39, 0.29) is 11.7 Å². The van der Waals surface area contributed by atoms with Crippen LogP contribution in [0.15, 0.2) is 34.7 Å². The third-order valence-electron chi connectivity index (χ3n) is 3.03. The number of carbonyl (C=O) groups excluding carboxylic acids is 1. The lowest BCUT2D eigenvalue weighted by molar-refractivity contribution is 0.0962. The number of hydrogen-bond donors (Lipinski definition) is 2. The van der Waals surface area contributed by atoms with Gasteiger partial charge in [-0.05, 0) is 36.8 Å². The van der Waals surface area contributed by atoms with Crippen LogP contribution in [-0.4, -0.2) is 13.0 Å². The van der Waals surface area contributed by atoms with E-state index in [9.17, 15) is 4.79 Å². The Bertz CT molecular complexity index is 668. The fourth-order valence-electron chi connectivity index (χ4n) is 1.92. The number of rotatable bonds is 4. The molecule has 1 aromatic carbocycles. The van der Waals surface area contributed by atoms with Crippen molar-refractivity contribution in [2.45, 2.75) is 13.5 Å². The first kappa shape index (κ1) is 13.7. The van der Waals surface area contributed by atoms with Gasteiger partial charge in [0, 0.05) is 18.3 Å². The van der Waals surface area contributed by atoms with Crippen LogP contribution in [0.3, 0.4) is 0 Å². The SMILES string of the molecule is CNC(=O)c1cccc(NCc2ccc(C#N)o2)c1C. The summed E-state index contributed by atoms with van der Waals surface area (Å²) in [5, 5.41) is 14.5. The second-order valence-corrected chi connectivity index (χ2v) is 4.29. The van der Waals surface area contributed by atoms with Crippen LogP contribution in [-0.2, 0) is 6.54 Å².